The second-order valence-electron chi connectivity index (χ2n) is 2.07. The molecule has 0 spiro atoms. The number of rotatable bonds is 5. The molecule has 0 aromatic rings. The maximum absolute atomic E-state index is 11.5. The molecule has 0 amide bonds. The average Bonchev–Trinajstić information content (AvgIpc) is 1.85. The lowest BCUT2D eigenvalue weighted by Crippen LogP contribution is -2.27. The van der Waals surface area contributed by atoms with Crippen LogP contribution in [0.3, 0.4) is 0 Å². The molecule has 1 atom stereocenters. The predicted octanol–water partition coefficient (Wildman–Crippen LogP) is 1.51. The van der Waals surface area contributed by atoms with E-state index >= 15 is 0 Å². The SMILES string of the molecule is C=CCC(C)NCCF. The van der Waals surface area contributed by atoms with Crippen LogP contribution in [0.2, 0.25) is 0 Å². The molecule has 0 saturated heterocycles. The van der Waals surface area contributed by atoms with E-state index in [9.17, 15) is 4.39 Å². The highest BCUT2D eigenvalue weighted by Gasteiger charge is 1.94. The summed E-state index contributed by atoms with van der Waals surface area (Å²) in [4.78, 5) is 0. The van der Waals surface area contributed by atoms with Crippen LogP contribution in [-0.2, 0) is 0 Å². The lowest BCUT2D eigenvalue weighted by molar-refractivity contribution is 0.440. The number of hydrogen-bond donors (Lipinski definition) is 1. The fraction of sp³-hybridized carbons (Fsp3) is 0.714. The maximum atomic E-state index is 11.5. The predicted molar refractivity (Wildman–Crippen MR) is 38.3 cm³/mol. The van der Waals surface area contributed by atoms with Crippen molar-refractivity contribution in [2.75, 3.05) is 13.2 Å². The minimum absolute atomic E-state index is 0.290. The summed E-state index contributed by atoms with van der Waals surface area (Å²) in [5.41, 5.74) is 0. The van der Waals surface area contributed by atoms with Crippen molar-refractivity contribution in [2.24, 2.45) is 0 Å². The second kappa shape index (κ2) is 5.76. The molecular formula is C7H14FN. The Balaban J connectivity index is 3.04. The van der Waals surface area contributed by atoms with Crippen molar-refractivity contribution >= 4 is 0 Å². The third-order valence-electron chi connectivity index (χ3n) is 1.11. The topological polar surface area (TPSA) is 12.0 Å². The summed E-state index contributed by atoms with van der Waals surface area (Å²) >= 11 is 0. The minimum atomic E-state index is -0.290. The van der Waals surface area contributed by atoms with E-state index < -0.39 is 0 Å². The molecular weight excluding hydrogens is 117 g/mol. The van der Waals surface area contributed by atoms with Gasteiger partial charge in [0.05, 0.1) is 0 Å². The number of nitrogens with one attached hydrogen (secondary N) is 1. The highest BCUT2D eigenvalue weighted by molar-refractivity contribution is 4.74. The first kappa shape index (κ1) is 8.63. The van der Waals surface area contributed by atoms with Crippen LogP contribution in [0, 0.1) is 0 Å². The Hall–Kier alpha value is -0.370. The van der Waals surface area contributed by atoms with E-state index in [1.165, 1.54) is 0 Å². The summed E-state index contributed by atoms with van der Waals surface area (Å²) in [5.74, 6) is 0. The molecule has 0 aliphatic rings. The second-order valence-corrected chi connectivity index (χ2v) is 2.07. The summed E-state index contributed by atoms with van der Waals surface area (Å²) < 4.78 is 11.5. The highest BCUT2D eigenvalue weighted by Crippen LogP contribution is 1.88. The zero-order valence-corrected chi connectivity index (χ0v) is 5.86. The molecule has 0 rings (SSSR count). The number of halogens is 1. The van der Waals surface area contributed by atoms with Gasteiger partial charge in [0.1, 0.15) is 6.67 Å². The van der Waals surface area contributed by atoms with E-state index in [0.717, 1.165) is 6.42 Å². The average molecular weight is 131 g/mol. The van der Waals surface area contributed by atoms with E-state index in [0.29, 0.717) is 12.6 Å². The minimum Gasteiger partial charge on any atom is -0.311 e. The highest BCUT2D eigenvalue weighted by atomic mass is 19.1. The van der Waals surface area contributed by atoms with E-state index in [2.05, 4.69) is 11.9 Å². The van der Waals surface area contributed by atoms with E-state index in [1.54, 1.807) is 0 Å². The van der Waals surface area contributed by atoms with Crippen molar-refractivity contribution in [1.29, 1.82) is 0 Å². The van der Waals surface area contributed by atoms with Crippen molar-refractivity contribution in [3.63, 3.8) is 0 Å². The third kappa shape index (κ3) is 5.50. The van der Waals surface area contributed by atoms with E-state index in [-0.39, 0.29) is 6.67 Å². The third-order valence-corrected chi connectivity index (χ3v) is 1.11. The molecule has 0 saturated carbocycles. The molecule has 0 radical (unpaired) electrons. The molecule has 1 nitrogen and oxygen atoms in total. The molecule has 0 aromatic carbocycles. The molecule has 9 heavy (non-hydrogen) atoms. The van der Waals surface area contributed by atoms with Gasteiger partial charge in [-0.3, -0.25) is 0 Å². The molecule has 0 bridgehead atoms. The fourth-order valence-corrected chi connectivity index (χ4v) is 0.634. The van der Waals surface area contributed by atoms with Gasteiger partial charge in [0.15, 0.2) is 0 Å². The molecule has 2 heteroatoms. The molecule has 0 aromatic heterocycles. The van der Waals surface area contributed by atoms with Gasteiger partial charge in [-0.2, -0.15) is 0 Å². The molecule has 0 aliphatic carbocycles. The first-order valence-electron chi connectivity index (χ1n) is 3.21. The molecule has 1 N–H and O–H groups in total. The van der Waals surface area contributed by atoms with Gasteiger partial charge in [-0.05, 0) is 13.3 Å². The summed E-state index contributed by atoms with van der Waals surface area (Å²) in [6, 6.07) is 0.359. The van der Waals surface area contributed by atoms with Gasteiger partial charge in [-0.15, -0.1) is 6.58 Å². The quantitative estimate of drug-likeness (QED) is 0.558. The van der Waals surface area contributed by atoms with Gasteiger partial charge in [0.25, 0.3) is 0 Å². The Morgan fingerprint density at radius 2 is 2.44 bits per heavy atom. The zero-order chi connectivity index (χ0) is 7.11. The van der Waals surface area contributed by atoms with Crippen LogP contribution < -0.4 is 5.32 Å². The van der Waals surface area contributed by atoms with Crippen LogP contribution in [0.15, 0.2) is 12.7 Å². The Morgan fingerprint density at radius 1 is 1.78 bits per heavy atom. The van der Waals surface area contributed by atoms with E-state index in [1.807, 2.05) is 13.0 Å². The monoisotopic (exact) mass is 131 g/mol. The van der Waals surface area contributed by atoms with Crippen molar-refractivity contribution < 1.29 is 4.39 Å². The maximum Gasteiger partial charge on any atom is 0.102 e. The van der Waals surface area contributed by atoms with Crippen LogP contribution in [-0.4, -0.2) is 19.3 Å². The molecule has 0 fully saturated rings. The van der Waals surface area contributed by atoms with Crippen molar-refractivity contribution in [3.8, 4) is 0 Å². The largest absolute Gasteiger partial charge is 0.311 e. The van der Waals surface area contributed by atoms with Gasteiger partial charge in [-0.1, -0.05) is 6.08 Å². The summed E-state index contributed by atoms with van der Waals surface area (Å²) in [7, 11) is 0. The normalized spacial score (nSPS) is 13.1. The Bertz CT molecular complexity index is 73.3. The first-order valence-corrected chi connectivity index (χ1v) is 3.21. The number of hydrogen-bond acceptors (Lipinski definition) is 1. The summed E-state index contributed by atoms with van der Waals surface area (Å²) in [6.07, 6.45) is 2.73. The van der Waals surface area contributed by atoms with Crippen LogP contribution in [0.1, 0.15) is 13.3 Å². The summed E-state index contributed by atoms with van der Waals surface area (Å²) in [5, 5.41) is 2.99. The van der Waals surface area contributed by atoms with Gasteiger partial charge in [0.2, 0.25) is 0 Å². The lowest BCUT2D eigenvalue weighted by Gasteiger charge is -2.08. The van der Waals surface area contributed by atoms with Gasteiger partial charge in [-0.25, -0.2) is 4.39 Å². The van der Waals surface area contributed by atoms with Crippen LogP contribution in [0.5, 0.6) is 0 Å². The van der Waals surface area contributed by atoms with Crippen LogP contribution >= 0.6 is 0 Å². The van der Waals surface area contributed by atoms with Crippen molar-refractivity contribution in [1.82, 2.24) is 5.32 Å². The molecule has 54 valence electrons. The lowest BCUT2D eigenvalue weighted by atomic mass is 10.2. The zero-order valence-electron chi connectivity index (χ0n) is 5.86. The summed E-state index contributed by atoms with van der Waals surface area (Å²) in [6.45, 7) is 5.75. The molecule has 0 aliphatic heterocycles. The Labute approximate surface area is 56.0 Å². The Morgan fingerprint density at radius 3 is 2.89 bits per heavy atom. The van der Waals surface area contributed by atoms with Gasteiger partial charge < -0.3 is 5.32 Å². The van der Waals surface area contributed by atoms with Crippen molar-refractivity contribution in [3.05, 3.63) is 12.7 Å². The van der Waals surface area contributed by atoms with Crippen LogP contribution in [0.25, 0.3) is 0 Å². The first-order chi connectivity index (χ1) is 4.31. The van der Waals surface area contributed by atoms with Gasteiger partial charge >= 0.3 is 0 Å². The molecule has 1 unspecified atom stereocenters. The van der Waals surface area contributed by atoms with Crippen LogP contribution in [0.4, 0.5) is 4.39 Å². The standard InChI is InChI=1S/C7H14FN/c1-3-4-7(2)9-6-5-8/h3,7,9H,1,4-6H2,2H3. The van der Waals surface area contributed by atoms with Crippen molar-refractivity contribution in [2.45, 2.75) is 19.4 Å². The van der Waals surface area contributed by atoms with Gasteiger partial charge in [0, 0.05) is 12.6 Å². The molecule has 0 heterocycles. The smallest absolute Gasteiger partial charge is 0.102 e. The fourth-order valence-electron chi connectivity index (χ4n) is 0.634. The van der Waals surface area contributed by atoms with E-state index in [4.69, 9.17) is 0 Å². The Kier molecular flexibility index (Phi) is 5.52. The number of alkyl halides is 1.